The summed E-state index contributed by atoms with van der Waals surface area (Å²) in [6.07, 6.45) is 4.09. The molecular weight excluding hydrogens is 242 g/mol. The van der Waals surface area contributed by atoms with Crippen LogP contribution in [-0.4, -0.2) is 42.1 Å². The van der Waals surface area contributed by atoms with Gasteiger partial charge in [0, 0.05) is 30.9 Å². The standard InChI is InChI=1S/C14H21N3O2/c1-11-5-6-15-13(16-11)17-7-3-4-12(10-17)14(2)18-8-9-19-14/h5-6,12H,3-4,7-10H2,1-2H3/t12-/m1/s1. The first-order valence-electron chi connectivity index (χ1n) is 7.00. The van der Waals surface area contributed by atoms with Gasteiger partial charge in [-0.2, -0.15) is 0 Å². The lowest BCUT2D eigenvalue weighted by Crippen LogP contribution is -2.47. The molecule has 3 heterocycles. The summed E-state index contributed by atoms with van der Waals surface area (Å²) in [7, 11) is 0. The van der Waals surface area contributed by atoms with E-state index >= 15 is 0 Å². The van der Waals surface area contributed by atoms with Gasteiger partial charge in [-0.1, -0.05) is 0 Å². The predicted molar refractivity (Wildman–Crippen MR) is 72.0 cm³/mol. The summed E-state index contributed by atoms with van der Waals surface area (Å²) in [5.74, 6) is 0.779. The lowest BCUT2D eigenvalue weighted by Gasteiger charge is -2.39. The number of hydrogen-bond donors (Lipinski definition) is 0. The summed E-state index contributed by atoms with van der Waals surface area (Å²) in [5.41, 5.74) is 1.01. The molecule has 2 saturated heterocycles. The van der Waals surface area contributed by atoms with Crippen molar-refractivity contribution in [1.82, 2.24) is 9.97 Å². The zero-order valence-corrected chi connectivity index (χ0v) is 11.6. The van der Waals surface area contributed by atoms with Crippen molar-refractivity contribution in [2.24, 2.45) is 5.92 Å². The molecule has 0 aromatic carbocycles. The van der Waals surface area contributed by atoms with Gasteiger partial charge in [0.15, 0.2) is 5.79 Å². The predicted octanol–water partition coefficient (Wildman–Crippen LogP) is 1.76. The summed E-state index contributed by atoms with van der Waals surface area (Å²) in [5, 5.41) is 0. The molecule has 5 nitrogen and oxygen atoms in total. The largest absolute Gasteiger partial charge is 0.347 e. The first kappa shape index (κ1) is 12.8. The van der Waals surface area contributed by atoms with E-state index in [9.17, 15) is 0 Å². The van der Waals surface area contributed by atoms with Crippen molar-refractivity contribution in [3.05, 3.63) is 18.0 Å². The Hall–Kier alpha value is -1.20. The highest BCUT2D eigenvalue weighted by atomic mass is 16.7. The van der Waals surface area contributed by atoms with E-state index in [1.165, 1.54) is 0 Å². The van der Waals surface area contributed by atoms with Crippen molar-refractivity contribution in [2.45, 2.75) is 32.5 Å². The van der Waals surface area contributed by atoms with Gasteiger partial charge in [-0.05, 0) is 32.8 Å². The summed E-state index contributed by atoms with van der Waals surface area (Å²) < 4.78 is 11.6. The third-order valence-corrected chi connectivity index (χ3v) is 4.09. The molecule has 0 unspecified atom stereocenters. The van der Waals surface area contributed by atoms with Crippen molar-refractivity contribution in [3.63, 3.8) is 0 Å². The fourth-order valence-electron chi connectivity index (χ4n) is 2.94. The maximum atomic E-state index is 5.80. The van der Waals surface area contributed by atoms with Crippen LogP contribution in [0, 0.1) is 12.8 Å². The molecule has 1 atom stereocenters. The monoisotopic (exact) mass is 263 g/mol. The van der Waals surface area contributed by atoms with Gasteiger partial charge < -0.3 is 14.4 Å². The number of aryl methyl sites for hydroxylation is 1. The average Bonchev–Trinajstić information content (AvgIpc) is 2.87. The Morgan fingerprint density at radius 3 is 2.89 bits per heavy atom. The quantitative estimate of drug-likeness (QED) is 0.813. The molecule has 1 aromatic heterocycles. The van der Waals surface area contributed by atoms with Crippen molar-refractivity contribution in [1.29, 1.82) is 0 Å². The van der Waals surface area contributed by atoms with Crippen LogP contribution in [-0.2, 0) is 9.47 Å². The molecule has 3 rings (SSSR count). The molecule has 0 aliphatic carbocycles. The Bertz CT molecular complexity index is 446. The van der Waals surface area contributed by atoms with E-state index in [1.807, 2.05) is 19.2 Å². The molecule has 19 heavy (non-hydrogen) atoms. The number of rotatable bonds is 2. The maximum Gasteiger partial charge on any atom is 0.225 e. The highest BCUT2D eigenvalue weighted by Crippen LogP contribution is 2.34. The molecule has 1 aromatic rings. The summed E-state index contributed by atoms with van der Waals surface area (Å²) in [4.78, 5) is 11.1. The van der Waals surface area contributed by atoms with E-state index in [-0.39, 0.29) is 0 Å². The van der Waals surface area contributed by atoms with Crippen LogP contribution >= 0.6 is 0 Å². The first-order valence-corrected chi connectivity index (χ1v) is 7.00. The van der Waals surface area contributed by atoms with Gasteiger partial charge in [0.05, 0.1) is 13.2 Å². The molecular formula is C14H21N3O2. The fourth-order valence-corrected chi connectivity index (χ4v) is 2.94. The molecule has 0 amide bonds. The summed E-state index contributed by atoms with van der Waals surface area (Å²) in [6.45, 7) is 7.38. The van der Waals surface area contributed by atoms with Crippen LogP contribution in [0.15, 0.2) is 12.3 Å². The Labute approximate surface area is 113 Å². The zero-order valence-electron chi connectivity index (χ0n) is 11.6. The zero-order chi connectivity index (χ0) is 13.3. The smallest absolute Gasteiger partial charge is 0.225 e. The number of nitrogens with zero attached hydrogens (tertiary/aromatic N) is 3. The number of piperidine rings is 1. The molecule has 2 fully saturated rings. The molecule has 0 saturated carbocycles. The van der Waals surface area contributed by atoms with Crippen LogP contribution in [0.1, 0.15) is 25.5 Å². The van der Waals surface area contributed by atoms with E-state index in [1.54, 1.807) is 0 Å². The van der Waals surface area contributed by atoms with Gasteiger partial charge in [-0.15, -0.1) is 0 Å². The molecule has 0 bridgehead atoms. The lowest BCUT2D eigenvalue weighted by atomic mass is 9.90. The van der Waals surface area contributed by atoms with Crippen LogP contribution < -0.4 is 4.90 Å². The van der Waals surface area contributed by atoms with Gasteiger partial charge in [-0.3, -0.25) is 0 Å². The first-order chi connectivity index (χ1) is 9.17. The topological polar surface area (TPSA) is 47.5 Å². The molecule has 0 spiro atoms. The molecule has 2 aliphatic rings. The van der Waals surface area contributed by atoms with Crippen molar-refractivity contribution >= 4 is 5.95 Å². The number of ether oxygens (including phenoxy) is 2. The lowest BCUT2D eigenvalue weighted by molar-refractivity contribution is -0.182. The number of anilines is 1. The number of hydrogen-bond acceptors (Lipinski definition) is 5. The Balaban J connectivity index is 1.74. The van der Waals surface area contributed by atoms with Gasteiger partial charge in [0.25, 0.3) is 0 Å². The normalized spacial score (nSPS) is 26.6. The maximum absolute atomic E-state index is 5.80. The highest BCUT2D eigenvalue weighted by Gasteiger charge is 2.42. The van der Waals surface area contributed by atoms with E-state index in [2.05, 4.69) is 21.8 Å². The minimum Gasteiger partial charge on any atom is -0.347 e. The minimum atomic E-state index is -0.428. The van der Waals surface area contributed by atoms with Gasteiger partial charge in [0.1, 0.15) is 0 Å². The average molecular weight is 263 g/mol. The van der Waals surface area contributed by atoms with Crippen molar-refractivity contribution in [2.75, 3.05) is 31.2 Å². The van der Waals surface area contributed by atoms with E-state index in [0.29, 0.717) is 19.1 Å². The number of aromatic nitrogens is 2. The molecule has 0 radical (unpaired) electrons. The van der Waals surface area contributed by atoms with Crippen LogP contribution in [0.25, 0.3) is 0 Å². The minimum absolute atomic E-state index is 0.382. The highest BCUT2D eigenvalue weighted by molar-refractivity contribution is 5.31. The third kappa shape index (κ3) is 2.58. The second kappa shape index (κ2) is 5.06. The Morgan fingerprint density at radius 2 is 2.16 bits per heavy atom. The van der Waals surface area contributed by atoms with Crippen LogP contribution in [0.5, 0.6) is 0 Å². The SMILES string of the molecule is Cc1ccnc(N2CCC[C@@H](C3(C)OCCO3)C2)n1. The van der Waals surface area contributed by atoms with E-state index < -0.39 is 5.79 Å². The van der Waals surface area contributed by atoms with Crippen LogP contribution in [0.4, 0.5) is 5.95 Å². The third-order valence-electron chi connectivity index (χ3n) is 4.09. The fraction of sp³-hybridized carbons (Fsp3) is 0.714. The van der Waals surface area contributed by atoms with Crippen molar-refractivity contribution in [3.8, 4) is 0 Å². The Morgan fingerprint density at radius 1 is 1.37 bits per heavy atom. The summed E-state index contributed by atoms with van der Waals surface area (Å²) in [6, 6.07) is 1.93. The molecule has 104 valence electrons. The Kier molecular flexibility index (Phi) is 3.41. The van der Waals surface area contributed by atoms with Gasteiger partial charge in [-0.25, -0.2) is 9.97 Å². The van der Waals surface area contributed by atoms with E-state index in [4.69, 9.17) is 9.47 Å². The molecule has 5 heteroatoms. The van der Waals surface area contributed by atoms with E-state index in [0.717, 1.165) is 37.6 Å². The molecule has 2 aliphatic heterocycles. The van der Waals surface area contributed by atoms with Crippen molar-refractivity contribution < 1.29 is 9.47 Å². The van der Waals surface area contributed by atoms with Gasteiger partial charge in [0.2, 0.25) is 5.95 Å². The second-order valence-electron chi connectivity index (χ2n) is 5.50. The summed E-state index contributed by atoms with van der Waals surface area (Å²) >= 11 is 0. The van der Waals surface area contributed by atoms with Crippen LogP contribution in [0.2, 0.25) is 0 Å². The second-order valence-corrected chi connectivity index (χ2v) is 5.50. The van der Waals surface area contributed by atoms with Gasteiger partial charge >= 0.3 is 0 Å². The van der Waals surface area contributed by atoms with Crippen LogP contribution in [0.3, 0.4) is 0 Å². The molecule has 0 N–H and O–H groups in total.